The standard InChI is InChI=1S/C18H11BrIN3S/c19-12-3-1-11(2-4-12)15-9-24-18-16(15)17(21-10-22-18)23-14-7-5-13(20)6-8-14/h1-10H,(H,21,22,23). The molecule has 2 aromatic carbocycles. The normalized spacial score (nSPS) is 10.9. The van der Waals surface area contributed by atoms with E-state index in [1.165, 1.54) is 3.57 Å². The van der Waals surface area contributed by atoms with Crippen LogP contribution in [-0.2, 0) is 0 Å². The molecule has 0 bridgehead atoms. The molecule has 0 atom stereocenters. The molecule has 0 radical (unpaired) electrons. The summed E-state index contributed by atoms with van der Waals surface area (Å²) in [7, 11) is 0. The van der Waals surface area contributed by atoms with E-state index in [1.807, 2.05) is 0 Å². The zero-order valence-electron chi connectivity index (χ0n) is 12.3. The van der Waals surface area contributed by atoms with E-state index in [-0.39, 0.29) is 0 Å². The summed E-state index contributed by atoms with van der Waals surface area (Å²) in [4.78, 5) is 9.87. The average Bonchev–Trinajstić information content (AvgIpc) is 3.03. The molecule has 0 fully saturated rings. The second-order valence-electron chi connectivity index (χ2n) is 5.19. The number of fused-ring (bicyclic) bond motifs is 1. The van der Waals surface area contributed by atoms with E-state index in [0.29, 0.717) is 0 Å². The smallest absolute Gasteiger partial charge is 0.143 e. The molecular weight excluding hydrogens is 497 g/mol. The summed E-state index contributed by atoms with van der Waals surface area (Å²) >= 11 is 7.42. The molecule has 4 aromatic rings. The Morgan fingerprint density at radius 2 is 1.71 bits per heavy atom. The maximum atomic E-state index is 4.47. The Morgan fingerprint density at radius 3 is 2.46 bits per heavy atom. The first-order valence-corrected chi connectivity index (χ1v) is 9.96. The first-order valence-electron chi connectivity index (χ1n) is 7.21. The minimum absolute atomic E-state index is 0.834. The highest BCUT2D eigenvalue weighted by Gasteiger charge is 2.13. The van der Waals surface area contributed by atoms with Gasteiger partial charge in [0.1, 0.15) is 17.0 Å². The van der Waals surface area contributed by atoms with Crippen LogP contribution in [-0.4, -0.2) is 9.97 Å². The Bertz CT molecular complexity index is 997. The number of aromatic nitrogens is 2. The van der Waals surface area contributed by atoms with E-state index in [9.17, 15) is 0 Å². The Hall–Kier alpha value is -1.51. The molecule has 0 aliphatic rings. The number of benzene rings is 2. The molecule has 2 heterocycles. The minimum Gasteiger partial charge on any atom is -0.340 e. The predicted octanol–water partition coefficient (Wildman–Crippen LogP) is 6.47. The van der Waals surface area contributed by atoms with Crippen molar-refractivity contribution in [2.45, 2.75) is 0 Å². The molecule has 118 valence electrons. The zero-order chi connectivity index (χ0) is 16.5. The van der Waals surface area contributed by atoms with Gasteiger partial charge in [-0.15, -0.1) is 11.3 Å². The van der Waals surface area contributed by atoms with Crippen molar-refractivity contribution in [2.75, 3.05) is 5.32 Å². The number of halogens is 2. The summed E-state index contributed by atoms with van der Waals surface area (Å²) in [5.41, 5.74) is 3.32. The van der Waals surface area contributed by atoms with Crippen molar-refractivity contribution in [3.63, 3.8) is 0 Å². The van der Waals surface area contributed by atoms with Gasteiger partial charge >= 0.3 is 0 Å². The van der Waals surface area contributed by atoms with Crippen molar-refractivity contribution in [2.24, 2.45) is 0 Å². The summed E-state index contributed by atoms with van der Waals surface area (Å²) < 4.78 is 2.27. The van der Waals surface area contributed by atoms with Crippen LogP contribution in [0.2, 0.25) is 0 Å². The maximum absolute atomic E-state index is 4.47. The number of hydrogen-bond donors (Lipinski definition) is 1. The molecule has 0 unspecified atom stereocenters. The van der Waals surface area contributed by atoms with Gasteiger partial charge in [0.15, 0.2) is 0 Å². The Balaban J connectivity index is 1.82. The third-order valence-corrected chi connectivity index (χ3v) is 5.77. The summed E-state index contributed by atoms with van der Waals surface area (Å²) in [6, 6.07) is 16.6. The number of rotatable bonds is 3. The molecule has 0 saturated heterocycles. The molecule has 2 aromatic heterocycles. The van der Waals surface area contributed by atoms with Crippen molar-refractivity contribution >= 4 is 71.6 Å². The van der Waals surface area contributed by atoms with Crippen LogP contribution in [0.25, 0.3) is 21.3 Å². The molecule has 0 saturated carbocycles. The lowest BCUT2D eigenvalue weighted by Gasteiger charge is -2.08. The van der Waals surface area contributed by atoms with Crippen molar-refractivity contribution in [3.05, 3.63) is 68.3 Å². The number of anilines is 2. The van der Waals surface area contributed by atoms with Crippen molar-refractivity contribution in [3.8, 4) is 11.1 Å². The lowest BCUT2D eigenvalue weighted by molar-refractivity contribution is 1.23. The van der Waals surface area contributed by atoms with Crippen molar-refractivity contribution in [1.29, 1.82) is 0 Å². The Labute approximate surface area is 165 Å². The van der Waals surface area contributed by atoms with E-state index in [1.54, 1.807) is 17.7 Å². The molecular formula is C18H11BrIN3S. The van der Waals surface area contributed by atoms with E-state index in [0.717, 1.165) is 37.3 Å². The van der Waals surface area contributed by atoms with Gasteiger partial charge < -0.3 is 5.32 Å². The van der Waals surface area contributed by atoms with Gasteiger partial charge in [-0.3, -0.25) is 0 Å². The highest BCUT2D eigenvalue weighted by atomic mass is 127. The number of hydrogen-bond acceptors (Lipinski definition) is 4. The quantitative estimate of drug-likeness (QED) is 0.323. The van der Waals surface area contributed by atoms with Crippen LogP contribution in [0.5, 0.6) is 0 Å². The Kier molecular flexibility index (Phi) is 4.51. The highest BCUT2D eigenvalue weighted by molar-refractivity contribution is 14.1. The maximum Gasteiger partial charge on any atom is 0.143 e. The van der Waals surface area contributed by atoms with Gasteiger partial charge in [-0.25, -0.2) is 9.97 Å². The van der Waals surface area contributed by atoms with Gasteiger partial charge in [-0.1, -0.05) is 28.1 Å². The topological polar surface area (TPSA) is 37.8 Å². The molecule has 3 nitrogen and oxygen atoms in total. The van der Waals surface area contributed by atoms with E-state index in [4.69, 9.17) is 0 Å². The first-order chi connectivity index (χ1) is 11.7. The zero-order valence-corrected chi connectivity index (χ0v) is 16.9. The van der Waals surface area contributed by atoms with Crippen molar-refractivity contribution < 1.29 is 0 Å². The van der Waals surface area contributed by atoms with Gasteiger partial charge in [0.05, 0.1) is 5.39 Å². The summed E-state index contributed by atoms with van der Waals surface area (Å²) in [5.74, 6) is 0.834. The molecule has 0 aliphatic carbocycles. The molecule has 24 heavy (non-hydrogen) atoms. The summed E-state index contributed by atoms with van der Waals surface area (Å²) in [6.07, 6.45) is 1.61. The van der Waals surface area contributed by atoms with Crippen LogP contribution in [0.15, 0.2) is 64.7 Å². The fourth-order valence-corrected chi connectivity index (χ4v) is 4.02. The van der Waals surface area contributed by atoms with Gasteiger partial charge in [0.2, 0.25) is 0 Å². The first kappa shape index (κ1) is 16.0. The lowest BCUT2D eigenvalue weighted by atomic mass is 10.1. The van der Waals surface area contributed by atoms with Gasteiger partial charge in [-0.05, 0) is 64.6 Å². The average molecular weight is 508 g/mol. The Morgan fingerprint density at radius 1 is 0.958 bits per heavy atom. The van der Waals surface area contributed by atoms with E-state index >= 15 is 0 Å². The molecule has 6 heteroatoms. The van der Waals surface area contributed by atoms with Crippen LogP contribution >= 0.6 is 49.9 Å². The van der Waals surface area contributed by atoms with Gasteiger partial charge in [-0.2, -0.15) is 0 Å². The summed E-state index contributed by atoms with van der Waals surface area (Å²) in [6.45, 7) is 0. The molecule has 0 aliphatic heterocycles. The van der Waals surface area contributed by atoms with Crippen LogP contribution in [0.3, 0.4) is 0 Å². The predicted molar refractivity (Wildman–Crippen MR) is 113 cm³/mol. The second-order valence-corrected chi connectivity index (χ2v) is 8.21. The summed E-state index contributed by atoms with van der Waals surface area (Å²) in [5, 5.41) is 6.62. The molecule has 0 amide bonds. The molecule has 1 N–H and O–H groups in total. The number of nitrogens with zero attached hydrogens (tertiary/aromatic N) is 2. The lowest BCUT2D eigenvalue weighted by Crippen LogP contribution is -1.95. The largest absolute Gasteiger partial charge is 0.340 e. The van der Waals surface area contributed by atoms with E-state index < -0.39 is 0 Å². The van der Waals surface area contributed by atoms with Crippen molar-refractivity contribution in [1.82, 2.24) is 9.97 Å². The van der Waals surface area contributed by atoms with Crippen LogP contribution in [0, 0.1) is 3.57 Å². The van der Waals surface area contributed by atoms with Gasteiger partial charge in [0.25, 0.3) is 0 Å². The van der Waals surface area contributed by atoms with Crippen LogP contribution in [0.1, 0.15) is 0 Å². The van der Waals surface area contributed by atoms with E-state index in [2.05, 4.69) is 108 Å². The van der Waals surface area contributed by atoms with Crippen LogP contribution in [0.4, 0.5) is 11.5 Å². The number of nitrogens with one attached hydrogen (secondary N) is 1. The van der Waals surface area contributed by atoms with Gasteiger partial charge in [0, 0.05) is 24.7 Å². The van der Waals surface area contributed by atoms with Crippen LogP contribution < -0.4 is 5.32 Å². The minimum atomic E-state index is 0.834. The monoisotopic (exact) mass is 507 g/mol. The molecule has 0 spiro atoms. The highest BCUT2D eigenvalue weighted by Crippen LogP contribution is 2.37. The molecule has 4 rings (SSSR count). The third kappa shape index (κ3) is 3.18. The third-order valence-electron chi connectivity index (χ3n) is 3.63. The number of thiophene rings is 1. The second kappa shape index (κ2) is 6.78. The fourth-order valence-electron chi connectivity index (χ4n) is 2.48. The fraction of sp³-hybridized carbons (Fsp3) is 0. The SMILES string of the molecule is Brc1ccc(-c2csc3ncnc(Nc4ccc(I)cc4)c23)cc1.